The van der Waals surface area contributed by atoms with E-state index in [4.69, 9.17) is 14.5 Å². The predicted octanol–water partition coefficient (Wildman–Crippen LogP) is 17.2. The zero-order chi connectivity index (χ0) is 76.9. The summed E-state index contributed by atoms with van der Waals surface area (Å²) in [6, 6.07) is 42.2. The van der Waals surface area contributed by atoms with Crippen LogP contribution in [0.25, 0.3) is 111 Å². The number of benzene rings is 10. The standard InChI is InChI=1S/C24H25FN3.C23H22FN2O.C21H25FN3O.C20H22FN2O2.CH4/c1-14-11-23-21(13-20(14)25)26-16(3)24(28(23)6)19-12-22(27(4)5)18-10-8-7-9-17(18)15(19)2;1-13-9-22-21(11-20(13)24)25-15(3)23(26(22)4)19-10-16(12-27)18-8-6-5-7-17(18)14(19)2;1-12-8-19-18(11-17(12)22)23-14(3)21(25(19)6)16-9-15(24(4)5)10-20(26-7)13(16)2;1-11-6-18-17(9-16(11)21)22-13(3)20(23(18)4)15-7-14(10-24)8-19(25-5)12(15)2;/h7-13H,1-6H3;5-11,27H,12H2,1-4H3;8-11H,1-7H3;6-9,24H,10H2,1-5H3;1H4/q4*+1;. The summed E-state index contributed by atoms with van der Waals surface area (Å²) in [6.07, 6.45) is 0. The van der Waals surface area contributed by atoms with Gasteiger partial charge in [-0.3, -0.25) is 0 Å². The number of hydrogen-bond donors (Lipinski definition) is 2. The highest BCUT2D eigenvalue weighted by molar-refractivity contribution is 6.01. The van der Waals surface area contributed by atoms with Crippen molar-refractivity contribution in [2.24, 2.45) is 28.2 Å². The van der Waals surface area contributed by atoms with Gasteiger partial charge in [0, 0.05) is 111 Å². The molecule has 14 aromatic rings. The van der Waals surface area contributed by atoms with Crippen molar-refractivity contribution in [1.82, 2.24) is 19.9 Å². The van der Waals surface area contributed by atoms with Gasteiger partial charge in [-0.15, -0.1) is 0 Å². The molecular weight excluding hydrogens is 1350 g/mol. The number of fused-ring (bicyclic) bond motifs is 6. The molecule has 0 unspecified atom stereocenters. The average molecular weight is 1450 g/mol. The van der Waals surface area contributed by atoms with Crippen LogP contribution in [0.5, 0.6) is 11.5 Å². The minimum absolute atomic E-state index is 0. The normalized spacial score (nSPS) is 11.2. The number of aryl methyl sites for hydroxylation is 14. The van der Waals surface area contributed by atoms with Crippen LogP contribution < -0.4 is 37.5 Å². The van der Waals surface area contributed by atoms with Crippen LogP contribution in [0.3, 0.4) is 0 Å². The van der Waals surface area contributed by atoms with Gasteiger partial charge in [-0.1, -0.05) is 56.0 Å². The highest BCUT2D eigenvalue weighted by Crippen LogP contribution is 2.40. The molecule has 0 saturated carbocycles. The number of rotatable bonds is 10. The Bertz CT molecular complexity index is 5880. The molecule has 0 fully saturated rings. The van der Waals surface area contributed by atoms with Gasteiger partial charge < -0.3 is 29.5 Å². The Morgan fingerprint density at radius 1 is 0.364 bits per heavy atom. The first-order valence-electron chi connectivity index (χ1n) is 35.2. The molecular formula is C89H98F4N10O4+4. The number of aliphatic hydroxyl groups is 2. The quantitative estimate of drug-likeness (QED) is 0.101. The largest absolute Gasteiger partial charge is 0.496 e. The molecule has 0 aliphatic rings. The summed E-state index contributed by atoms with van der Waals surface area (Å²) in [5.74, 6) is 0.602. The van der Waals surface area contributed by atoms with Crippen LogP contribution in [0.15, 0.2) is 133 Å². The van der Waals surface area contributed by atoms with Gasteiger partial charge in [-0.2, -0.15) is 18.3 Å². The molecule has 2 N–H and O–H groups in total. The third kappa shape index (κ3) is 14.9. The van der Waals surface area contributed by atoms with Crippen molar-refractivity contribution < 1.29 is 55.5 Å². The minimum atomic E-state index is -0.257. The second kappa shape index (κ2) is 31.5. The maximum atomic E-state index is 14.1. The van der Waals surface area contributed by atoms with Crippen LogP contribution in [0, 0.1) is 106 Å². The molecule has 0 aliphatic heterocycles. The summed E-state index contributed by atoms with van der Waals surface area (Å²) < 4.78 is 75.3. The third-order valence-electron chi connectivity index (χ3n) is 20.6. The number of anilines is 2. The Kier molecular flexibility index (Phi) is 23.1. The zero-order valence-corrected chi connectivity index (χ0v) is 64.8. The van der Waals surface area contributed by atoms with Crippen LogP contribution in [-0.2, 0) is 41.4 Å². The van der Waals surface area contributed by atoms with E-state index in [1.54, 1.807) is 41.9 Å². The van der Waals surface area contributed by atoms with Crippen LogP contribution in [-0.4, -0.2) is 72.6 Å². The van der Waals surface area contributed by atoms with Crippen molar-refractivity contribution in [2.75, 3.05) is 52.2 Å². The first-order valence-corrected chi connectivity index (χ1v) is 35.2. The summed E-state index contributed by atoms with van der Waals surface area (Å²) in [5.41, 5.74) is 28.4. The maximum Gasteiger partial charge on any atom is 0.234 e. The lowest BCUT2D eigenvalue weighted by molar-refractivity contribution is -0.634. The Morgan fingerprint density at radius 2 is 0.682 bits per heavy atom. The molecule has 14 rings (SSSR count). The van der Waals surface area contributed by atoms with Crippen LogP contribution in [0.4, 0.5) is 28.9 Å². The van der Waals surface area contributed by atoms with E-state index in [0.717, 1.165) is 146 Å². The molecule has 14 nitrogen and oxygen atoms in total. The number of aliphatic hydroxyl groups excluding tert-OH is 2. The van der Waals surface area contributed by atoms with Crippen molar-refractivity contribution in [3.8, 4) is 56.5 Å². The molecule has 0 atom stereocenters. The smallest absolute Gasteiger partial charge is 0.234 e. The van der Waals surface area contributed by atoms with Gasteiger partial charge in [-0.25, -0.2) is 37.5 Å². The van der Waals surface area contributed by atoms with E-state index in [2.05, 4.69) is 109 Å². The van der Waals surface area contributed by atoms with E-state index in [1.807, 2.05) is 155 Å². The second-order valence-corrected chi connectivity index (χ2v) is 28.0. The highest BCUT2D eigenvalue weighted by atomic mass is 19.1. The average Bonchev–Trinajstić information content (AvgIpc) is 0.765. The number of hydrogen-bond acceptors (Lipinski definition) is 10. The lowest BCUT2D eigenvalue weighted by Gasteiger charge is -2.19. The summed E-state index contributed by atoms with van der Waals surface area (Å²) in [7, 11) is 19.4. The maximum absolute atomic E-state index is 14.1. The van der Waals surface area contributed by atoms with Gasteiger partial charge in [0.1, 0.15) is 108 Å². The van der Waals surface area contributed by atoms with E-state index < -0.39 is 0 Å². The molecule has 0 spiro atoms. The first-order chi connectivity index (χ1) is 50.3. The Labute approximate surface area is 625 Å². The van der Waals surface area contributed by atoms with Crippen LogP contribution in [0.2, 0.25) is 0 Å². The molecule has 4 aromatic heterocycles. The lowest BCUT2D eigenvalue weighted by Crippen LogP contribution is -2.34. The van der Waals surface area contributed by atoms with E-state index in [9.17, 15) is 27.8 Å². The lowest BCUT2D eigenvalue weighted by atomic mass is 9.93. The molecule has 0 saturated heterocycles. The Hall–Kier alpha value is -11.1. The molecule has 18 heteroatoms. The van der Waals surface area contributed by atoms with Crippen LogP contribution >= 0.6 is 0 Å². The fourth-order valence-corrected chi connectivity index (χ4v) is 14.7. The molecule has 0 amide bonds. The summed E-state index contributed by atoms with van der Waals surface area (Å²) >= 11 is 0. The van der Waals surface area contributed by atoms with Crippen LogP contribution in [0.1, 0.15) is 85.8 Å². The number of methoxy groups -OCH3 is 2. The minimum Gasteiger partial charge on any atom is -0.496 e. The van der Waals surface area contributed by atoms with E-state index in [-0.39, 0.29) is 43.9 Å². The van der Waals surface area contributed by atoms with Gasteiger partial charge in [-0.05, 0) is 174 Å². The van der Waals surface area contributed by atoms with Gasteiger partial charge in [0.05, 0.1) is 49.7 Å². The SMILES string of the molecule is C.COc1cc(CO)cc(-c2c(C)nc3cc(F)c(C)cc3[n+]2C)c1C.COc1cc(N(C)C)cc(-c2c(C)nc3cc(F)c(C)cc3[n+]2C)c1C.Cc1cc2c(cc1F)nc(C)c(-c1cc(CO)c3ccccc3c1C)[n+]2C.Cc1cc2c(cc1F)nc(C)c(-c1cc(N(C)C)c3ccccc3c1C)[n+]2C. The molecule has 107 heavy (non-hydrogen) atoms. The van der Waals surface area contributed by atoms with Gasteiger partial charge in [0.25, 0.3) is 0 Å². The number of aromatic nitrogens is 8. The molecule has 552 valence electrons. The summed E-state index contributed by atoms with van der Waals surface area (Å²) in [6.45, 7) is 23.1. The molecule has 4 heterocycles. The molecule has 0 radical (unpaired) electrons. The topological polar surface area (TPSA) is 132 Å². The first kappa shape index (κ1) is 78.5. The number of halogens is 4. The second-order valence-electron chi connectivity index (χ2n) is 28.0. The number of ether oxygens (including phenoxy) is 2. The van der Waals surface area contributed by atoms with Crippen molar-refractivity contribution in [3.63, 3.8) is 0 Å². The fourth-order valence-electron chi connectivity index (χ4n) is 14.7. The Morgan fingerprint density at radius 3 is 1.02 bits per heavy atom. The zero-order valence-electron chi connectivity index (χ0n) is 64.8. The molecule has 10 aromatic carbocycles. The van der Waals surface area contributed by atoms with Gasteiger partial charge >= 0.3 is 0 Å². The third-order valence-corrected chi connectivity index (χ3v) is 20.6. The molecule has 0 aliphatic carbocycles. The van der Waals surface area contributed by atoms with Crippen molar-refractivity contribution >= 4 is 77.1 Å². The summed E-state index contributed by atoms with van der Waals surface area (Å²) in [5, 5.41) is 24.1. The van der Waals surface area contributed by atoms with Gasteiger partial charge in [0.15, 0.2) is 0 Å². The fraction of sp³-hybridized carbons (Fsp3) is 0.281. The monoisotopic (exact) mass is 1450 g/mol. The van der Waals surface area contributed by atoms with E-state index >= 15 is 0 Å². The summed E-state index contributed by atoms with van der Waals surface area (Å²) in [4.78, 5) is 22.9. The van der Waals surface area contributed by atoms with E-state index in [0.29, 0.717) is 44.3 Å². The van der Waals surface area contributed by atoms with Crippen molar-refractivity contribution in [2.45, 2.75) is 104 Å². The predicted molar refractivity (Wildman–Crippen MR) is 425 cm³/mol. The van der Waals surface area contributed by atoms with Crippen molar-refractivity contribution in [1.29, 1.82) is 0 Å². The number of nitrogens with zero attached hydrogens (tertiary/aromatic N) is 10. The Balaban J connectivity index is 0.000000152. The highest BCUT2D eigenvalue weighted by Gasteiger charge is 2.30. The van der Waals surface area contributed by atoms with Gasteiger partial charge in [0.2, 0.25) is 44.8 Å². The molecule has 0 bridgehead atoms. The van der Waals surface area contributed by atoms with Crippen molar-refractivity contribution in [3.05, 3.63) is 235 Å². The van der Waals surface area contributed by atoms with E-state index in [1.165, 1.54) is 46.3 Å².